The molecule has 1 aliphatic carbocycles. The average molecular weight is 535 g/mol. The van der Waals surface area contributed by atoms with Crippen molar-refractivity contribution in [3.63, 3.8) is 0 Å². The van der Waals surface area contributed by atoms with Gasteiger partial charge in [-0.2, -0.15) is 0 Å². The van der Waals surface area contributed by atoms with Crippen LogP contribution in [0.3, 0.4) is 0 Å². The molecule has 0 spiro atoms. The second-order valence-electron chi connectivity index (χ2n) is 10.1. The molecule has 0 radical (unpaired) electrons. The summed E-state index contributed by atoms with van der Waals surface area (Å²) >= 11 is 0. The predicted octanol–water partition coefficient (Wildman–Crippen LogP) is 4.49. The number of carbonyl (C=O) groups is 1. The van der Waals surface area contributed by atoms with Gasteiger partial charge in [0.2, 0.25) is 0 Å². The van der Waals surface area contributed by atoms with E-state index in [4.69, 9.17) is 10.5 Å². The Bertz CT molecular complexity index is 1580. The molecule has 202 valence electrons. The molecule has 2 aliphatic rings. The molecule has 39 heavy (non-hydrogen) atoms. The van der Waals surface area contributed by atoms with Crippen LogP contribution in [0.15, 0.2) is 59.7 Å². The van der Waals surface area contributed by atoms with E-state index in [9.17, 15) is 18.4 Å². The molecule has 1 aromatic carbocycles. The van der Waals surface area contributed by atoms with Gasteiger partial charge in [-0.05, 0) is 61.1 Å². The third-order valence-electron chi connectivity index (χ3n) is 7.90. The van der Waals surface area contributed by atoms with Crippen molar-refractivity contribution < 1.29 is 18.3 Å². The van der Waals surface area contributed by atoms with Gasteiger partial charge in [-0.25, -0.2) is 23.4 Å². The Balaban J connectivity index is 1.18. The number of piperidine rings is 1. The molecule has 1 amide bonds. The molecule has 1 aliphatic heterocycles. The Labute approximate surface area is 222 Å². The summed E-state index contributed by atoms with van der Waals surface area (Å²) < 4.78 is 36.3. The Morgan fingerprint density at radius 1 is 0.974 bits per heavy atom. The minimum absolute atomic E-state index is 0.0922. The van der Waals surface area contributed by atoms with E-state index in [1.165, 1.54) is 6.07 Å². The maximum atomic E-state index is 14.7. The van der Waals surface area contributed by atoms with E-state index in [-0.39, 0.29) is 17.3 Å². The van der Waals surface area contributed by atoms with Gasteiger partial charge in [0.05, 0.1) is 11.2 Å². The van der Waals surface area contributed by atoms with Crippen LogP contribution in [-0.2, 0) is 4.74 Å². The number of nitrogens with one attached hydrogen (secondary N) is 1. The first-order valence-electron chi connectivity index (χ1n) is 13.1. The zero-order valence-electron chi connectivity index (χ0n) is 21.1. The zero-order valence-corrected chi connectivity index (χ0v) is 21.1. The van der Waals surface area contributed by atoms with Gasteiger partial charge in [0.1, 0.15) is 6.10 Å². The summed E-state index contributed by atoms with van der Waals surface area (Å²) in [6.45, 7) is 0.821. The first-order valence-corrected chi connectivity index (χ1v) is 13.1. The van der Waals surface area contributed by atoms with E-state index < -0.39 is 35.8 Å². The second kappa shape index (κ2) is 10.2. The van der Waals surface area contributed by atoms with Crippen molar-refractivity contribution in [3.8, 4) is 0 Å². The van der Waals surface area contributed by atoms with Crippen molar-refractivity contribution in [1.29, 1.82) is 0 Å². The molecule has 3 atom stereocenters. The SMILES string of the molecule is N[C@H]1c2cccnc2[C@H](OC(=O)N2CCC(n3c(=O)[nH]c4cccnc43)CC2)CCC1c1cccc(F)c1F. The Hall–Kier alpha value is -4.12. The summed E-state index contributed by atoms with van der Waals surface area (Å²) in [6, 6.07) is 10.5. The zero-order chi connectivity index (χ0) is 27.1. The van der Waals surface area contributed by atoms with Gasteiger partial charge in [-0.3, -0.25) is 9.55 Å². The molecular formula is C28H28F2N6O3. The van der Waals surface area contributed by atoms with E-state index in [2.05, 4.69) is 15.0 Å². The van der Waals surface area contributed by atoms with Crippen LogP contribution in [0.2, 0.25) is 0 Å². The lowest BCUT2D eigenvalue weighted by atomic mass is 9.86. The summed E-state index contributed by atoms with van der Waals surface area (Å²) in [7, 11) is 0. The van der Waals surface area contributed by atoms with Crippen LogP contribution in [0, 0.1) is 11.6 Å². The van der Waals surface area contributed by atoms with Crippen LogP contribution in [-0.4, -0.2) is 43.6 Å². The van der Waals surface area contributed by atoms with Crippen molar-refractivity contribution in [1.82, 2.24) is 24.4 Å². The highest BCUT2D eigenvalue weighted by Gasteiger charge is 2.36. The monoisotopic (exact) mass is 534 g/mol. The number of imidazole rings is 1. The smallest absolute Gasteiger partial charge is 0.410 e. The van der Waals surface area contributed by atoms with Crippen LogP contribution in [0.1, 0.15) is 66.6 Å². The fraction of sp³-hybridized carbons (Fsp3) is 0.357. The molecule has 1 saturated heterocycles. The quantitative estimate of drug-likeness (QED) is 0.374. The molecule has 11 heteroatoms. The summed E-state index contributed by atoms with van der Waals surface area (Å²) in [5.41, 5.74) is 9.02. The van der Waals surface area contributed by atoms with Gasteiger partial charge in [0.15, 0.2) is 17.3 Å². The maximum Gasteiger partial charge on any atom is 0.410 e. The fourth-order valence-electron chi connectivity index (χ4n) is 5.92. The lowest BCUT2D eigenvalue weighted by Gasteiger charge is -2.32. The number of aromatic amines is 1. The Morgan fingerprint density at radius 2 is 1.72 bits per heavy atom. The number of pyridine rings is 2. The lowest BCUT2D eigenvalue weighted by molar-refractivity contribution is 0.0472. The molecule has 1 unspecified atom stereocenters. The van der Waals surface area contributed by atoms with Gasteiger partial charge in [0.25, 0.3) is 0 Å². The molecule has 9 nitrogen and oxygen atoms in total. The largest absolute Gasteiger partial charge is 0.440 e. The number of halogens is 2. The topological polar surface area (TPSA) is 119 Å². The van der Waals surface area contributed by atoms with Crippen LogP contribution in [0.25, 0.3) is 11.2 Å². The summed E-state index contributed by atoms with van der Waals surface area (Å²) in [4.78, 5) is 39.1. The number of H-pyrrole nitrogens is 1. The van der Waals surface area contributed by atoms with Crippen LogP contribution in [0.5, 0.6) is 0 Å². The Kier molecular flexibility index (Phi) is 6.59. The van der Waals surface area contributed by atoms with Crippen molar-refractivity contribution in [2.75, 3.05) is 13.1 Å². The highest BCUT2D eigenvalue weighted by Crippen LogP contribution is 2.43. The fourth-order valence-corrected chi connectivity index (χ4v) is 5.92. The molecule has 3 aromatic heterocycles. The van der Waals surface area contributed by atoms with Gasteiger partial charge in [-0.15, -0.1) is 0 Å². The van der Waals surface area contributed by atoms with Gasteiger partial charge < -0.3 is 20.4 Å². The van der Waals surface area contributed by atoms with Crippen LogP contribution >= 0.6 is 0 Å². The van der Waals surface area contributed by atoms with Gasteiger partial charge in [0, 0.05) is 43.5 Å². The molecule has 0 saturated carbocycles. The number of likely N-dealkylation sites (tertiary alicyclic amines) is 1. The minimum Gasteiger partial charge on any atom is -0.440 e. The molecule has 4 aromatic rings. The Morgan fingerprint density at radius 3 is 2.54 bits per heavy atom. The number of amides is 1. The van der Waals surface area contributed by atoms with E-state index in [1.54, 1.807) is 46.1 Å². The number of hydrogen-bond acceptors (Lipinski definition) is 6. The highest BCUT2D eigenvalue weighted by atomic mass is 19.2. The van der Waals surface area contributed by atoms with Crippen molar-refractivity contribution in [2.24, 2.45) is 5.73 Å². The molecule has 3 N–H and O–H groups in total. The highest BCUT2D eigenvalue weighted by molar-refractivity contribution is 5.70. The van der Waals surface area contributed by atoms with Crippen LogP contribution in [0.4, 0.5) is 13.6 Å². The van der Waals surface area contributed by atoms with Crippen molar-refractivity contribution >= 4 is 17.3 Å². The number of nitrogens with zero attached hydrogens (tertiary/aromatic N) is 4. The number of ether oxygens (including phenoxy) is 1. The standard InChI is InChI=1S/C28H28F2N6O3/c29-20-6-1-4-17(23(20)30)18-8-9-22(25-19(24(18)31)5-2-12-32-25)39-28(38)35-14-10-16(11-15-35)36-26-21(34-27(36)37)7-3-13-33-26/h1-7,12-13,16,18,22,24H,8-11,14-15,31H2,(H,34,37)/t18?,22-,24-/m1/s1. The summed E-state index contributed by atoms with van der Waals surface area (Å²) in [6.07, 6.45) is 3.98. The maximum absolute atomic E-state index is 14.7. The third kappa shape index (κ3) is 4.56. The number of benzene rings is 1. The number of fused-ring (bicyclic) bond motifs is 2. The van der Waals surface area contributed by atoms with E-state index in [1.807, 2.05) is 6.07 Å². The average Bonchev–Trinajstić information content (AvgIpc) is 3.23. The third-order valence-corrected chi connectivity index (χ3v) is 7.90. The van der Waals surface area contributed by atoms with Gasteiger partial charge >= 0.3 is 11.8 Å². The van der Waals surface area contributed by atoms with Crippen LogP contribution < -0.4 is 11.4 Å². The summed E-state index contributed by atoms with van der Waals surface area (Å²) in [5, 5.41) is 0. The number of nitrogens with two attached hydrogens (primary N) is 1. The molecule has 4 heterocycles. The molecular weight excluding hydrogens is 506 g/mol. The molecule has 6 rings (SSSR count). The normalized spacial score (nSPS) is 21.9. The lowest BCUT2D eigenvalue weighted by Crippen LogP contribution is -2.41. The number of rotatable bonds is 3. The predicted molar refractivity (Wildman–Crippen MR) is 139 cm³/mol. The number of hydrogen-bond donors (Lipinski definition) is 2. The van der Waals surface area contributed by atoms with Gasteiger partial charge in [-0.1, -0.05) is 18.2 Å². The molecule has 1 fully saturated rings. The second-order valence-corrected chi connectivity index (χ2v) is 10.1. The van der Waals surface area contributed by atoms with Crippen molar-refractivity contribution in [2.45, 2.75) is 49.8 Å². The number of aromatic nitrogens is 4. The summed E-state index contributed by atoms with van der Waals surface area (Å²) in [5.74, 6) is -2.34. The number of carbonyl (C=O) groups excluding carboxylic acids is 1. The van der Waals surface area contributed by atoms with E-state index in [0.29, 0.717) is 61.2 Å². The first kappa shape index (κ1) is 25.2. The molecule has 0 bridgehead atoms. The van der Waals surface area contributed by atoms with E-state index in [0.717, 1.165) is 6.07 Å². The first-order chi connectivity index (χ1) is 18.9. The van der Waals surface area contributed by atoms with Crippen molar-refractivity contribution in [3.05, 3.63) is 93.8 Å². The van der Waals surface area contributed by atoms with E-state index >= 15 is 0 Å². The minimum atomic E-state index is -0.924.